The first kappa shape index (κ1) is 20.8. The highest BCUT2D eigenvalue weighted by Gasteiger charge is 2.26. The standard InChI is InChI=1S/C23H27N5O3/c1-4-31-23(30)27-12-10-17(11-13-27)25-22(29)19-14-15(2)24-21-20(19)16(3)26-28(21)18-8-6-5-7-9-18/h5-9,14,17H,4,10-13H2,1-3H3,(H,25,29). The van der Waals surface area contributed by atoms with Crippen LogP contribution >= 0.6 is 0 Å². The van der Waals surface area contributed by atoms with Crippen molar-refractivity contribution >= 4 is 23.0 Å². The Kier molecular flexibility index (Phi) is 5.88. The predicted octanol–water partition coefficient (Wildman–Crippen LogP) is 3.39. The number of piperidine rings is 1. The molecule has 1 aliphatic rings. The molecule has 1 aromatic carbocycles. The molecule has 0 aliphatic carbocycles. The molecular weight excluding hydrogens is 394 g/mol. The lowest BCUT2D eigenvalue weighted by Gasteiger charge is -2.31. The molecule has 3 aromatic rings. The molecule has 2 aromatic heterocycles. The van der Waals surface area contributed by atoms with Gasteiger partial charge in [0, 0.05) is 24.8 Å². The number of rotatable bonds is 4. The van der Waals surface area contributed by atoms with Gasteiger partial charge >= 0.3 is 6.09 Å². The summed E-state index contributed by atoms with van der Waals surface area (Å²) in [4.78, 5) is 31.5. The largest absolute Gasteiger partial charge is 0.450 e. The fourth-order valence-corrected chi connectivity index (χ4v) is 4.03. The maximum Gasteiger partial charge on any atom is 0.409 e. The Labute approximate surface area is 181 Å². The van der Waals surface area contributed by atoms with Crippen molar-refractivity contribution in [2.75, 3.05) is 19.7 Å². The van der Waals surface area contributed by atoms with Crippen LogP contribution in [-0.4, -0.2) is 57.4 Å². The van der Waals surface area contributed by atoms with Crippen molar-refractivity contribution in [3.8, 4) is 5.69 Å². The van der Waals surface area contributed by atoms with Crippen molar-refractivity contribution in [2.45, 2.75) is 39.7 Å². The lowest BCUT2D eigenvalue weighted by atomic mass is 10.0. The van der Waals surface area contributed by atoms with Crippen molar-refractivity contribution in [2.24, 2.45) is 0 Å². The molecule has 162 valence electrons. The molecule has 1 fully saturated rings. The molecule has 0 radical (unpaired) electrons. The Hall–Kier alpha value is -3.42. The fourth-order valence-electron chi connectivity index (χ4n) is 4.03. The van der Waals surface area contributed by atoms with E-state index in [0.717, 1.165) is 22.5 Å². The third-order valence-electron chi connectivity index (χ3n) is 5.54. The highest BCUT2D eigenvalue weighted by atomic mass is 16.6. The van der Waals surface area contributed by atoms with Gasteiger partial charge in [0.1, 0.15) is 0 Å². The topological polar surface area (TPSA) is 89.3 Å². The van der Waals surface area contributed by atoms with E-state index in [1.165, 1.54) is 0 Å². The molecule has 2 amide bonds. The molecule has 1 aliphatic heterocycles. The van der Waals surface area contributed by atoms with Gasteiger partial charge in [0.2, 0.25) is 0 Å². The highest BCUT2D eigenvalue weighted by Crippen LogP contribution is 2.25. The zero-order valence-electron chi connectivity index (χ0n) is 18.1. The molecule has 8 nitrogen and oxygen atoms in total. The van der Waals surface area contributed by atoms with E-state index >= 15 is 0 Å². The van der Waals surface area contributed by atoms with E-state index in [4.69, 9.17) is 4.74 Å². The minimum atomic E-state index is -0.289. The fraction of sp³-hybridized carbons (Fsp3) is 0.391. The summed E-state index contributed by atoms with van der Waals surface area (Å²) in [6.07, 6.45) is 1.10. The van der Waals surface area contributed by atoms with Crippen LogP contribution in [-0.2, 0) is 4.74 Å². The average Bonchev–Trinajstić information content (AvgIpc) is 3.10. The number of ether oxygens (including phenoxy) is 1. The molecule has 31 heavy (non-hydrogen) atoms. The van der Waals surface area contributed by atoms with Crippen LogP contribution in [0.4, 0.5) is 4.79 Å². The van der Waals surface area contributed by atoms with Gasteiger partial charge in [0.05, 0.1) is 28.9 Å². The summed E-state index contributed by atoms with van der Waals surface area (Å²) in [6.45, 7) is 7.07. The molecule has 3 heterocycles. The predicted molar refractivity (Wildman–Crippen MR) is 117 cm³/mol. The van der Waals surface area contributed by atoms with Crippen LogP contribution in [0, 0.1) is 13.8 Å². The Balaban J connectivity index is 1.57. The average molecular weight is 422 g/mol. The Morgan fingerprint density at radius 2 is 1.87 bits per heavy atom. The van der Waals surface area contributed by atoms with Crippen molar-refractivity contribution in [1.82, 2.24) is 25.0 Å². The van der Waals surface area contributed by atoms with Gasteiger partial charge < -0.3 is 15.0 Å². The summed E-state index contributed by atoms with van der Waals surface area (Å²) in [5, 5.41) is 8.55. The van der Waals surface area contributed by atoms with Crippen molar-refractivity contribution < 1.29 is 14.3 Å². The molecule has 0 atom stereocenters. The molecule has 1 saturated heterocycles. The zero-order chi connectivity index (χ0) is 22.0. The molecule has 1 N–H and O–H groups in total. The van der Waals surface area contributed by atoms with Crippen LogP contribution in [0.5, 0.6) is 0 Å². The number of pyridine rings is 1. The highest BCUT2D eigenvalue weighted by molar-refractivity contribution is 6.06. The normalized spacial score (nSPS) is 14.6. The van der Waals surface area contributed by atoms with Crippen LogP contribution in [0.3, 0.4) is 0 Å². The van der Waals surface area contributed by atoms with E-state index in [9.17, 15) is 9.59 Å². The van der Waals surface area contributed by atoms with Crippen molar-refractivity contribution in [3.63, 3.8) is 0 Å². The summed E-state index contributed by atoms with van der Waals surface area (Å²) in [5.74, 6) is -0.138. The molecule has 0 unspecified atom stereocenters. The molecule has 4 rings (SSSR count). The van der Waals surface area contributed by atoms with E-state index in [-0.39, 0.29) is 18.0 Å². The van der Waals surface area contributed by atoms with Crippen LogP contribution in [0.1, 0.15) is 41.5 Å². The Morgan fingerprint density at radius 3 is 2.55 bits per heavy atom. The summed E-state index contributed by atoms with van der Waals surface area (Å²) < 4.78 is 6.85. The number of hydrogen-bond donors (Lipinski definition) is 1. The van der Waals surface area contributed by atoms with Gasteiger partial charge in [-0.3, -0.25) is 4.79 Å². The maximum absolute atomic E-state index is 13.2. The van der Waals surface area contributed by atoms with E-state index in [2.05, 4.69) is 15.4 Å². The Morgan fingerprint density at radius 1 is 1.16 bits per heavy atom. The SMILES string of the molecule is CCOC(=O)N1CCC(NC(=O)c2cc(C)nc3c2c(C)nn3-c2ccccc2)CC1. The van der Waals surface area contributed by atoms with Crippen LogP contribution in [0.25, 0.3) is 16.7 Å². The van der Waals surface area contributed by atoms with E-state index in [0.29, 0.717) is 43.7 Å². The first-order valence-electron chi connectivity index (χ1n) is 10.6. The molecule has 0 spiro atoms. The third kappa shape index (κ3) is 4.23. The minimum absolute atomic E-state index is 0.00572. The number of hydrogen-bond acceptors (Lipinski definition) is 5. The molecule has 0 saturated carbocycles. The number of amides is 2. The lowest BCUT2D eigenvalue weighted by Crippen LogP contribution is -2.46. The zero-order valence-corrected chi connectivity index (χ0v) is 18.1. The molecule has 0 bridgehead atoms. The first-order chi connectivity index (χ1) is 15.0. The molecule has 8 heteroatoms. The van der Waals surface area contributed by atoms with Crippen LogP contribution in [0.2, 0.25) is 0 Å². The van der Waals surface area contributed by atoms with Crippen molar-refractivity contribution in [1.29, 1.82) is 0 Å². The van der Waals surface area contributed by atoms with E-state index < -0.39 is 0 Å². The van der Waals surface area contributed by atoms with E-state index in [1.54, 1.807) is 16.5 Å². The number of nitrogens with zero attached hydrogens (tertiary/aromatic N) is 4. The second-order valence-electron chi connectivity index (χ2n) is 7.78. The summed E-state index contributed by atoms with van der Waals surface area (Å²) in [6, 6.07) is 11.6. The lowest BCUT2D eigenvalue weighted by molar-refractivity contribution is 0.0861. The number of aryl methyl sites for hydroxylation is 2. The quantitative estimate of drug-likeness (QED) is 0.698. The number of likely N-dealkylation sites (tertiary alicyclic amines) is 1. The summed E-state index contributed by atoms with van der Waals surface area (Å²) in [7, 11) is 0. The van der Waals surface area contributed by atoms with Crippen molar-refractivity contribution in [3.05, 3.63) is 53.3 Å². The van der Waals surface area contributed by atoms with Gasteiger partial charge in [-0.1, -0.05) is 18.2 Å². The second kappa shape index (κ2) is 8.75. The third-order valence-corrected chi connectivity index (χ3v) is 5.54. The summed E-state index contributed by atoms with van der Waals surface area (Å²) >= 11 is 0. The molecular formula is C23H27N5O3. The number of para-hydroxylation sites is 1. The van der Waals surface area contributed by atoms with Gasteiger partial charge in [0.15, 0.2) is 5.65 Å². The van der Waals surface area contributed by atoms with Crippen LogP contribution < -0.4 is 5.32 Å². The minimum Gasteiger partial charge on any atom is -0.450 e. The first-order valence-corrected chi connectivity index (χ1v) is 10.6. The maximum atomic E-state index is 13.2. The Bertz CT molecular complexity index is 1100. The number of carbonyl (C=O) groups excluding carboxylic acids is 2. The monoisotopic (exact) mass is 421 g/mol. The number of fused-ring (bicyclic) bond motifs is 1. The summed E-state index contributed by atoms with van der Waals surface area (Å²) in [5.41, 5.74) is 3.66. The van der Waals surface area contributed by atoms with Gasteiger partial charge in [-0.2, -0.15) is 5.10 Å². The van der Waals surface area contributed by atoms with Crippen LogP contribution in [0.15, 0.2) is 36.4 Å². The number of nitrogens with one attached hydrogen (secondary N) is 1. The van der Waals surface area contributed by atoms with Gasteiger partial charge in [0.25, 0.3) is 5.91 Å². The van der Waals surface area contributed by atoms with Gasteiger partial charge in [-0.05, 0) is 51.8 Å². The second-order valence-corrected chi connectivity index (χ2v) is 7.78. The number of benzene rings is 1. The van der Waals surface area contributed by atoms with Gasteiger partial charge in [-0.15, -0.1) is 0 Å². The number of aromatic nitrogens is 3. The van der Waals surface area contributed by atoms with E-state index in [1.807, 2.05) is 50.2 Å². The smallest absolute Gasteiger partial charge is 0.409 e. The van der Waals surface area contributed by atoms with Gasteiger partial charge in [-0.25, -0.2) is 14.5 Å². The number of carbonyl (C=O) groups is 2.